The molecule has 2 aromatic rings. The van der Waals surface area contributed by atoms with Gasteiger partial charge in [0.15, 0.2) is 6.61 Å². The van der Waals surface area contributed by atoms with E-state index in [2.05, 4.69) is 10.9 Å². The first-order valence-corrected chi connectivity index (χ1v) is 10.9. The van der Waals surface area contributed by atoms with Gasteiger partial charge in [0.05, 0.1) is 18.8 Å². The first-order chi connectivity index (χ1) is 15.3. The molecular formula is C20H20FN3O7S. The van der Waals surface area contributed by atoms with Gasteiger partial charge in [0.2, 0.25) is 10.0 Å². The highest BCUT2D eigenvalue weighted by molar-refractivity contribution is 7.89. The van der Waals surface area contributed by atoms with E-state index >= 15 is 0 Å². The molecule has 2 aromatic carbocycles. The molecule has 0 unspecified atom stereocenters. The molecule has 0 aromatic heterocycles. The molecule has 12 heteroatoms. The second-order valence-corrected chi connectivity index (χ2v) is 8.51. The molecule has 1 fully saturated rings. The maximum Gasteiger partial charge on any atom is 0.338 e. The summed E-state index contributed by atoms with van der Waals surface area (Å²) in [4.78, 5) is 35.3. The average Bonchev–Trinajstić information content (AvgIpc) is 2.82. The van der Waals surface area contributed by atoms with Crippen LogP contribution < -0.4 is 10.9 Å². The van der Waals surface area contributed by atoms with Crippen LogP contribution >= 0.6 is 0 Å². The molecule has 2 N–H and O–H groups in total. The van der Waals surface area contributed by atoms with Crippen LogP contribution in [0.25, 0.3) is 0 Å². The number of hydrogen-bond acceptors (Lipinski definition) is 7. The Morgan fingerprint density at radius 1 is 1.00 bits per heavy atom. The zero-order valence-electron chi connectivity index (χ0n) is 16.7. The molecule has 170 valence electrons. The zero-order chi connectivity index (χ0) is 23.1. The van der Waals surface area contributed by atoms with Gasteiger partial charge in [-0.05, 0) is 30.3 Å². The molecule has 0 radical (unpaired) electrons. The quantitative estimate of drug-likeness (QED) is 0.468. The van der Waals surface area contributed by atoms with E-state index in [9.17, 15) is 27.2 Å². The van der Waals surface area contributed by atoms with E-state index in [1.165, 1.54) is 0 Å². The molecule has 0 saturated carbocycles. The van der Waals surface area contributed by atoms with Crippen LogP contribution in [0.4, 0.5) is 4.39 Å². The molecule has 1 aliphatic rings. The number of ether oxygens (including phenoxy) is 2. The lowest BCUT2D eigenvalue weighted by atomic mass is 10.2. The van der Waals surface area contributed by atoms with Gasteiger partial charge in [0, 0.05) is 18.7 Å². The molecule has 3 rings (SSSR count). The average molecular weight is 465 g/mol. The fourth-order valence-corrected chi connectivity index (χ4v) is 4.29. The van der Waals surface area contributed by atoms with Crippen molar-refractivity contribution < 1.29 is 36.7 Å². The monoisotopic (exact) mass is 465 g/mol. The minimum atomic E-state index is -4.18. The lowest BCUT2D eigenvalue weighted by Crippen LogP contribution is -2.43. The number of halogens is 1. The van der Waals surface area contributed by atoms with Crippen LogP contribution in [0.2, 0.25) is 0 Å². The number of esters is 1. The molecule has 0 bridgehead atoms. The van der Waals surface area contributed by atoms with Crippen LogP contribution in [0, 0.1) is 5.82 Å². The van der Waals surface area contributed by atoms with Crippen molar-refractivity contribution in [2.45, 2.75) is 4.90 Å². The maximum atomic E-state index is 14.2. The number of sulfonamides is 1. The summed E-state index contributed by atoms with van der Waals surface area (Å²) in [6, 6.07) is 10.8. The minimum absolute atomic E-state index is 0.0608. The highest BCUT2D eigenvalue weighted by atomic mass is 32.2. The van der Waals surface area contributed by atoms with E-state index < -0.39 is 45.1 Å². The van der Waals surface area contributed by atoms with Gasteiger partial charge in [-0.1, -0.05) is 18.2 Å². The van der Waals surface area contributed by atoms with E-state index in [0.717, 1.165) is 22.5 Å². The lowest BCUT2D eigenvalue weighted by Gasteiger charge is -2.26. The van der Waals surface area contributed by atoms with Gasteiger partial charge in [-0.3, -0.25) is 20.4 Å². The Morgan fingerprint density at radius 2 is 1.69 bits per heavy atom. The number of nitrogens with one attached hydrogen (secondary N) is 2. The molecular weight excluding hydrogens is 445 g/mol. The maximum absolute atomic E-state index is 14.2. The third kappa shape index (κ3) is 5.66. The molecule has 0 aliphatic carbocycles. The van der Waals surface area contributed by atoms with Crippen molar-refractivity contribution in [3.63, 3.8) is 0 Å². The van der Waals surface area contributed by atoms with Gasteiger partial charge in [-0.25, -0.2) is 17.6 Å². The van der Waals surface area contributed by atoms with Crippen LogP contribution in [-0.2, 0) is 24.3 Å². The van der Waals surface area contributed by atoms with Crippen molar-refractivity contribution in [3.8, 4) is 0 Å². The Hall–Kier alpha value is -3.35. The van der Waals surface area contributed by atoms with E-state index in [-0.39, 0.29) is 31.9 Å². The third-order valence-corrected chi connectivity index (χ3v) is 6.35. The first-order valence-electron chi connectivity index (χ1n) is 9.48. The summed E-state index contributed by atoms with van der Waals surface area (Å²) in [6.45, 7) is -0.273. The Bertz CT molecular complexity index is 1100. The largest absolute Gasteiger partial charge is 0.452 e. The topological polar surface area (TPSA) is 131 Å². The number of amides is 2. The summed E-state index contributed by atoms with van der Waals surface area (Å²) in [7, 11) is -4.18. The SMILES string of the molecule is O=C(COC(=O)c1ccc(F)c(S(=O)(=O)N2CCOCC2)c1)NNC(=O)c1ccccc1. The number of hydrazine groups is 1. The zero-order valence-corrected chi connectivity index (χ0v) is 17.6. The number of nitrogens with zero attached hydrogens (tertiary/aromatic N) is 1. The van der Waals surface area contributed by atoms with Crippen LogP contribution in [0.5, 0.6) is 0 Å². The number of rotatable bonds is 6. The number of carbonyl (C=O) groups is 3. The number of benzene rings is 2. The van der Waals surface area contributed by atoms with Gasteiger partial charge < -0.3 is 9.47 Å². The third-order valence-electron chi connectivity index (χ3n) is 4.44. The Labute approximate surface area is 183 Å². The van der Waals surface area contributed by atoms with E-state index in [0.29, 0.717) is 5.56 Å². The Morgan fingerprint density at radius 3 is 2.38 bits per heavy atom. The molecule has 10 nitrogen and oxygen atoms in total. The molecule has 2 amide bonds. The van der Waals surface area contributed by atoms with Crippen LogP contribution in [0.15, 0.2) is 53.4 Å². The first kappa shape index (κ1) is 23.3. The normalized spacial score (nSPS) is 14.4. The highest BCUT2D eigenvalue weighted by Crippen LogP contribution is 2.22. The van der Waals surface area contributed by atoms with E-state index in [4.69, 9.17) is 9.47 Å². The smallest absolute Gasteiger partial charge is 0.338 e. The highest BCUT2D eigenvalue weighted by Gasteiger charge is 2.30. The summed E-state index contributed by atoms with van der Waals surface area (Å²) >= 11 is 0. The van der Waals surface area contributed by atoms with Crippen molar-refractivity contribution in [1.29, 1.82) is 0 Å². The Kier molecular flexibility index (Phi) is 7.51. The van der Waals surface area contributed by atoms with Crippen molar-refractivity contribution >= 4 is 27.8 Å². The fraction of sp³-hybridized carbons (Fsp3) is 0.250. The summed E-state index contributed by atoms with van der Waals surface area (Å²) < 4.78 is 50.6. The van der Waals surface area contributed by atoms with Gasteiger partial charge >= 0.3 is 5.97 Å². The van der Waals surface area contributed by atoms with Crippen LogP contribution in [-0.4, -0.2) is 63.4 Å². The van der Waals surface area contributed by atoms with Gasteiger partial charge in [0.1, 0.15) is 10.7 Å². The predicted molar refractivity (Wildman–Crippen MR) is 108 cm³/mol. The Balaban J connectivity index is 1.59. The summed E-state index contributed by atoms with van der Waals surface area (Å²) in [5, 5.41) is 0. The summed E-state index contributed by atoms with van der Waals surface area (Å²) in [5.74, 6) is -3.45. The van der Waals surface area contributed by atoms with Crippen molar-refractivity contribution in [2.24, 2.45) is 0 Å². The lowest BCUT2D eigenvalue weighted by molar-refractivity contribution is -0.125. The summed E-state index contributed by atoms with van der Waals surface area (Å²) in [5.41, 5.74) is 4.31. The number of hydrogen-bond donors (Lipinski definition) is 2. The summed E-state index contributed by atoms with van der Waals surface area (Å²) in [6.07, 6.45) is 0. The standard InChI is InChI=1S/C20H20FN3O7S/c21-16-7-6-15(12-17(16)32(28,29)24-8-10-30-11-9-24)20(27)31-13-18(25)22-23-19(26)14-4-2-1-3-5-14/h1-7,12H,8-11,13H2,(H,22,25)(H,23,26). The number of carbonyl (C=O) groups excluding carboxylic acids is 3. The van der Waals surface area contributed by atoms with Gasteiger partial charge in [-0.15, -0.1) is 0 Å². The number of morpholine rings is 1. The second kappa shape index (κ2) is 10.3. The van der Waals surface area contributed by atoms with Gasteiger partial charge in [-0.2, -0.15) is 4.31 Å². The second-order valence-electron chi connectivity index (χ2n) is 6.61. The van der Waals surface area contributed by atoms with Crippen LogP contribution in [0.1, 0.15) is 20.7 Å². The van der Waals surface area contributed by atoms with Crippen LogP contribution in [0.3, 0.4) is 0 Å². The molecule has 1 saturated heterocycles. The molecule has 32 heavy (non-hydrogen) atoms. The van der Waals surface area contributed by atoms with Gasteiger partial charge in [0.25, 0.3) is 11.8 Å². The van der Waals surface area contributed by atoms with E-state index in [1.807, 2.05) is 0 Å². The molecule has 1 heterocycles. The van der Waals surface area contributed by atoms with Crippen molar-refractivity contribution in [3.05, 3.63) is 65.5 Å². The molecule has 0 atom stereocenters. The fourth-order valence-electron chi connectivity index (χ4n) is 2.79. The van der Waals surface area contributed by atoms with Crippen molar-refractivity contribution in [2.75, 3.05) is 32.9 Å². The van der Waals surface area contributed by atoms with E-state index in [1.54, 1.807) is 30.3 Å². The van der Waals surface area contributed by atoms with Crippen molar-refractivity contribution in [1.82, 2.24) is 15.2 Å². The molecule has 0 spiro atoms. The predicted octanol–water partition coefficient (Wildman–Crippen LogP) is 0.465. The molecule has 1 aliphatic heterocycles. The minimum Gasteiger partial charge on any atom is -0.452 e.